The molecule has 0 aromatic carbocycles. The second-order valence-electron chi connectivity index (χ2n) is 4.43. The Morgan fingerprint density at radius 3 is 2.94 bits per heavy atom. The number of nitrogens with zero attached hydrogens (tertiary/aromatic N) is 1. The summed E-state index contributed by atoms with van der Waals surface area (Å²) in [6.45, 7) is 0. The van der Waals surface area contributed by atoms with E-state index in [4.69, 9.17) is 9.84 Å². The summed E-state index contributed by atoms with van der Waals surface area (Å²) in [5, 5.41) is 9.14. The van der Waals surface area contributed by atoms with Crippen LogP contribution >= 0.6 is 22.6 Å². The van der Waals surface area contributed by atoms with Gasteiger partial charge in [0.05, 0.1) is 18.2 Å². The van der Waals surface area contributed by atoms with E-state index in [9.17, 15) is 4.79 Å². The third kappa shape index (κ3) is 1.57. The first-order chi connectivity index (χ1) is 7.65. The van der Waals surface area contributed by atoms with Crippen molar-refractivity contribution in [2.24, 2.45) is 0 Å². The molecule has 5 heteroatoms. The summed E-state index contributed by atoms with van der Waals surface area (Å²) in [6, 6.07) is 1.93. The fraction of sp³-hybridized carbons (Fsp3) is 0.545. The van der Waals surface area contributed by atoms with Crippen LogP contribution in [0.5, 0.6) is 0 Å². The lowest BCUT2D eigenvalue weighted by Crippen LogP contribution is -2.23. The molecule has 1 aromatic rings. The summed E-state index contributed by atoms with van der Waals surface area (Å²) in [6.07, 6.45) is 5.61. The van der Waals surface area contributed by atoms with E-state index in [2.05, 4.69) is 22.6 Å². The van der Waals surface area contributed by atoms with Gasteiger partial charge in [0.25, 0.3) is 0 Å². The highest BCUT2D eigenvalue weighted by atomic mass is 127. The number of carbonyl (C=O) groups is 1. The molecule has 1 aromatic heterocycles. The van der Waals surface area contributed by atoms with Crippen molar-refractivity contribution in [3.05, 3.63) is 21.5 Å². The molecule has 16 heavy (non-hydrogen) atoms. The Hall–Kier alpha value is -0.560. The molecule has 3 heterocycles. The average Bonchev–Trinajstić information content (AvgIpc) is 2.89. The molecule has 2 bridgehead atoms. The first-order valence-corrected chi connectivity index (χ1v) is 6.49. The Bertz CT molecular complexity index is 442. The number of fused-ring (bicyclic) bond motifs is 2. The van der Waals surface area contributed by atoms with E-state index in [0.717, 1.165) is 22.8 Å². The fourth-order valence-electron chi connectivity index (χ4n) is 2.80. The third-order valence-electron chi connectivity index (χ3n) is 3.47. The largest absolute Gasteiger partial charge is 0.477 e. The number of ether oxygens (including phenoxy) is 1. The second kappa shape index (κ2) is 3.73. The minimum absolute atomic E-state index is 0.214. The summed E-state index contributed by atoms with van der Waals surface area (Å²) in [5.41, 5.74) is 0.380. The smallest absolute Gasteiger partial charge is 0.352 e. The van der Waals surface area contributed by atoms with E-state index in [0.29, 0.717) is 11.8 Å². The number of carboxylic acids is 1. The summed E-state index contributed by atoms with van der Waals surface area (Å²) >= 11 is 2.15. The van der Waals surface area contributed by atoms with Gasteiger partial charge >= 0.3 is 5.97 Å². The van der Waals surface area contributed by atoms with Crippen LogP contribution in [0, 0.1) is 3.57 Å². The number of hydrogen-bond donors (Lipinski definition) is 1. The summed E-state index contributed by atoms with van der Waals surface area (Å²) in [5.74, 6) is -0.856. The van der Waals surface area contributed by atoms with Gasteiger partial charge in [-0.15, -0.1) is 0 Å². The van der Waals surface area contributed by atoms with Gasteiger partial charge in [0.2, 0.25) is 0 Å². The molecule has 1 N–H and O–H groups in total. The van der Waals surface area contributed by atoms with E-state index in [1.54, 1.807) is 6.07 Å². The zero-order valence-corrected chi connectivity index (χ0v) is 10.8. The van der Waals surface area contributed by atoms with Crippen LogP contribution in [0.25, 0.3) is 0 Å². The maximum Gasteiger partial charge on any atom is 0.352 e. The van der Waals surface area contributed by atoms with Crippen molar-refractivity contribution in [3.8, 4) is 0 Å². The van der Waals surface area contributed by atoms with Crippen LogP contribution in [0.3, 0.4) is 0 Å². The number of rotatable bonds is 2. The van der Waals surface area contributed by atoms with Crippen LogP contribution in [0.15, 0.2) is 12.3 Å². The Balaban J connectivity index is 1.97. The first kappa shape index (κ1) is 10.6. The molecule has 4 nitrogen and oxygen atoms in total. The molecule has 0 radical (unpaired) electrons. The van der Waals surface area contributed by atoms with Crippen LogP contribution in [0.4, 0.5) is 0 Å². The summed E-state index contributed by atoms with van der Waals surface area (Å²) in [4.78, 5) is 11.1. The van der Waals surface area contributed by atoms with E-state index in [-0.39, 0.29) is 12.1 Å². The molecular formula is C11H12INO3. The maximum atomic E-state index is 11.1. The van der Waals surface area contributed by atoms with Crippen molar-refractivity contribution in [3.63, 3.8) is 0 Å². The van der Waals surface area contributed by atoms with Gasteiger partial charge in [0, 0.05) is 9.77 Å². The highest BCUT2D eigenvalue weighted by Crippen LogP contribution is 2.42. The highest BCUT2D eigenvalue weighted by Gasteiger charge is 2.42. The van der Waals surface area contributed by atoms with Crippen molar-refractivity contribution in [1.82, 2.24) is 4.57 Å². The minimum Gasteiger partial charge on any atom is -0.477 e. The zero-order chi connectivity index (χ0) is 11.3. The average molecular weight is 333 g/mol. The number of aromatic carboxylic acids is 1. The Morgan fingerprint density at radius 2 is 2.38 bits per heavy atom. The van der Waals surface area contributed by atoms with Gasteiger partial charge in [-0.25, -0.2) is 4.79 Å². The molecule has 3 atom stereocenters. The normalized spacial score (nSPS) is 32.2. The number of hydrogen-bond acceptors (Lipinski definition) is 2. The molecular weight excluding hydrogens is 321 g/mol. The van der Waals surface area contributed by atoms with Gasteiger partial charge in [0.1, 0.15) is 5.69 Å². The third-order valence-corrected chi connectivity index (χ3v) is 4.06. The van der Waals surface area contributed by atoms with Crippen LogP contribution in [-0.4, -0.2) is 27.9 Å². The highest BCUT2D eigenvalue weighted by molar-refractivity contribution is 14.1. The predicted octanol–water partition coefficient (Wildman–Crippen LogP) is 2.28. The van der Waals surface area contributed by atoms with Gasteiger partial charge in [0.15, 0.2) is 0 Å². The van der Waals surface area contributed by atoms with E-state index in [1.807, 2.05) is 10.8 Å². The predicted molar refractivity (Wildman–Crippen MR) is 65.7 cm³/mol. The minimum atomic E-state index is -0.856. The molecule has 0 saturated carbocycles. The van der Waals surface area contributed by atoms with E-state index in [1.165, 1.54) is 0 Å². The van der Waals surface area contributed by atoms with Gasteiger partial charge in [-0.3, -0.25) is 0 Å². The van der Waals surface area contributed by atoms with Crippen molar-refractivity contribution >= 4 is 28.6 Å². The van der Waals surface area contributed by atoms with Gasteiger partial charge in [-0.1, -0.05) is 0 Å². The van der Waals surface area contributed by atoms with Crippen LogP contribution in [0.2, 0.25) is 0 Å². The molecule has 2 fully saturated rings. The zero-order valence-electron chi connectivity index (χ0n) is 8.60. The lowest BCUT2D eigenvalue weighted by Gasteiger charge is -2.21. The molecule has 2 aliphatic rings. The molecule has 3 unspecified atom stereocenters. The molecule has 0 amide bonds. The SMILES string of the molecule is O=C(O)c1cc(I)cn1C1CC2CCC1O2. The lowest BCUT2D eigenvalue weighted by molar-refractivity contribution is 0.0674. The quantitative estimate of drug-likeness (QED) is 0.845. The van der Waals surface area contributed by atoms with E-state index < -0.39 is 5.97 Å². The standard InChI is InChI=1S/C11H12INO3/c12-6-3-9(11(14)15)13(5-6)8-4-7-1-2-10(8)16-7/h3,5,7-8,10H,1-2,4H2,(H,14,15). The molecule has 2 aliphatic heterocycles. The van der Waals surface area contributed by atoms with Crippen LogP contribution in [0.1, 0.15) is 35.8 Å². The maximum absolute atomic E-state index is 11.1. The Labute approximate surface area is 107 Å². The molecule has 3 rings (SSSR count). The van der Waals surface area contributed by atoms with Crippen molar-refractivity contribution in [1.29, 1.82) is 0 Å². The number of aromatic nitrogens is 1. The van der Waals surface area contributed by atoms with Gasteiger partial charge in [-0.05, 0) is 47.9 Å². The Kier molecular flexibility index (Phi) is 2.47. The number of carboxylic acid groups (broad SMARTS) is 1. The second-order valence-corrected chi connectivity index (χ2v) is 5.68. The Morgan fingerprint density at radius 1 is 1.56 bits per heavy atom. The molecule has 2 saturated heterocycles. The van der Waals surface area contributed by atoms with Crippen LogP contribution < -0.4 is 0 Å². The van der Waals surface area contributed by atoms with Gasteiger partial charge < -0.3 is 14.4 Å². The molecule has 0 spiro atoms. The van der Waals surface area contributed by atoms with Crippen molar-refractivity contribution in [2.75, 3.05) is 0 Å². The van der Waals surface area contributed by atoms with Crippen molar-refractivity contribution < 1.29 is 14.6 Å². The molecule has 86 valence electrons. The summed E-state index contributed by atoms with van der Waals surface area (Å²) in [7, 11) is 0. The fourth-order valence-corrected chi connectivity index (χ4v) is 3.39. The van der Waals surface area contributed by atoms with Crippen molar-refractivity contribution in [2.45, 2.75) is 37.5 Å². The number of halogens is 1. The van der Waals surface area contributed by atoms with Crippen LogP contribution in [-0.2, 0) is 4.74 Å². The first-order valence-electron chi connectivity index (χ1n) is 5.41. The topological polar surface area (TPSA) is 51.5 Å². The lowest BCUT2D eigenvalue weighted by atomic mass is 9.95. The summed E-state index contributed by atoms with van der Waals surface area (Å²) < 4.78 is 8.62. The molecule has 0 aliphatic carbocycles. The monoisotopic (exact) mass is 333 g/mol. The van der Waals surface area contributed by atoms with E-state index >= 15 is 0 Å². The van der Waals surface area contributed by atoms with Gasteiger partial charge in [-0.2, -0.15) is 0 Å².